The number of nitrogens with zero attached hydrogens (tertiary/aromatic N) is 1. The molecule has 2 amide bonds. The highest BCUT2D eigenvalue weighted by atomic mass is 79.9. The number of anilines is 1. The lowest BCUT2D eigenvalue weighted by molar-refractivity contribution is -0.113. The van der Waals surface area contributed by atoms with Gasteiger partial charge in [0, 0.05) is 5.02 Å². The molecule has 0 aromatic heterocycles. The molecule has 0 saturated carbocycles. The average Bonchev–Trinajstić information content (AvgIpc) is 3.01. The molecule has 4 rings (SSSR count). The van der Waals surface area contributed by atoms with Gasteiger partial charge in [0.25, 0.3) is 11.1 Å². The first-order chi connectivity index (χ1) is 15.3. The Morgan fingerprint density at radius 1 is 1.03 bits per heavy atom. The number of amides is 2. The van der Waals surface area contributed by atoms with Gasteiger partial charge < -0.3 is 4.74 Å². The largest absolute Gasteiger partial charge is 0.487 e. The van der Waals surface area contributed by atoms with Crippen molar-refractivity contribution in [1.82, 2.24) is 0 Å². The van der Waals surface area contributed by atoms with Crippen molar-refractivity contribution in [2.24, 2.45) is 0 Å². The predicted molar refractivity (Wildman–Crippen MR) is 137 cm³/mol. The molecule has 8 heteroatoms. The quantitative estimate of drug-likeness (QED) is 0.281. The highest BCUT2D eigenvalue weighted by Gasteiger charge is 2.36. The first kappa shape index (κ1) is 23.1. The predicted octanol–water partition coefficient (Wildman–Crippen LogP) is 7.99. The van der Waals surface area contributed by atoms with Gasteiger partial charge in [0.05, 0.1) is 19.5 Å². The maximum absolute atomic E-state index is 12.9. The maximum atomic E-state index is 12.9. The van der Waals surface area contributed by atoms with E-state index in [0.717, 1.165) is 36.7 Å². The second kappa shape index (κ2) is 9.83. The van der Waals surface area contributed by atoms with Gasteiger partial charge in [-0.2, -0.15) is 0 Å². The summed E-state index contributed by atoms with van der Waals surface area (Å²) in [7, 11) is 0. The van der Waals surface area contributed by atoms with E-state index < -0.39 is 0 Å². The normalized spacial score (nSPS) is 15.0. The summed E-state index contributed by atoms with van der Waals surface area (Å²) in [4.78, 5) is 26.8. The van der Waals surface area contributed by atoms with Crippen LogP contribution in [0.15, 0.2) is 74.5 Å². The van der Waals surface area contributed by atoms with E-state index in [9.17, 15) is 9.59 Å². The van der Waals surface area contributed by atoms with Crippen molar-refractivity contribution in [2.75, 3.05) is 4.90 Å². The third kappa shape index (κ3) is 5.12. The number of benzene rings is 3. The number of carbonyl (C=O) groups excluding carboxylic acids is 2. The van der Waals surface area contributed by atoms with Gasteiger partial charge in [-0.25, -0.2) is 4.90 Å². The van der Waals surface area contributed by atoms with Gasteiger partial charge in [0.1, 0.15) is 12.4 Å². The summed E-state index contributed by atoms with van der Waals surface area (Å²) in [6, 6.07) is 18.5. The third-order valence-corrected chi connectivity index (χ3v) is 6.97. The Morgan fingerprint density at radius 2 is 1.72 bits per heavy atom. The fourth-order valence-electron chi connectivity index (χ4n) is 3.10. The molecule has 4 nitrogen and oxygen atoms in total. The van der Waals surface area contributed by atoms with Crippen LogP contribution in [0.25, 0.3) is 6.08 Å². The molecule has 1 fully saturated rings. The van der Waals surface area contributed by atoms with E-state index in [0.29, 0.717) is 28.0 Å². The zero-order valence-electron chi connectivity index (χ0n) is 16.8. The first-order valence-electron chi connectivity index (χ1n) is 9.53. The highest BCUT2D eigenvalue weighted by molar-refractivity contribution is 9.11. The Labute approximate surface area is 211 Å². The summed E-state index contributed by atoms with van der Waals surface area (Å²) < 4.78 is 7.45. The second-order valence-electron chi connectivity index (χ2n) is 7.08. The number of rotatable bonds is 5. The summed E-state index contributed by atoms with van der Waals surface area (Å²) in [6.07, 6.45) is 1.69. The van der Waals surface area contributed by atoms with Crippen LogP contribution in [0, 0.1) is 6.92 Å². The van der Waals surface area contributed by atoms with Gasteiger partial charge in [-0.3, -0.25) is 9.59 Å². The summed E-state index contributed by atoms with van der Waals surface area (Å²) in [5.74, 6) is 0.281. The molecule has 32 heavy (non-hydrogen) atoms. The van der Waals surface area contributed by atoms with E-state index in [-0.39, 0.29) is 11.1 Å². The SMILES string of the molecule is Cc1ccc(COc2c(Br)cc(/C=C3/SC(=O)N(c4cccc(Cl)c4)C3=O)cc2Br)cc1. The molecule has 1 aliphatic heterocycles. The minimum Gasteiger partial charge on any atom is -0.487 e. The van der Waals surface area contributed by atoms with E-state index in [1.165, 1.54) is 5.56 Å². The first-order valence-corrected chi connectivity index (χ1v) is 12.3. The zero-order chi connectivity index (χ0) is 22.8. The van der Waals surface area contributed by atoms with E-state index >= 15 is 0 Å². The van der Waals surface area contributed by atoms with Crippen LogP contribution in [0.1, 0.15) is 16.7 Å². The molecular weight excluding hydrogens is 578 g/mol. The molecule has 0 N–H and O–H groups in total. The van der Waals surface area contributed by atoms with Crippen LogP contribution in [-0.2, 0) is 11.4 Å². The summed E-state index contributed by atoms with van der Waals surface area (Å²) >= 11 is 14.0. The number of ether oxygens (including phenoxy) is 1. The van der Waals surface area contributed by atoms with Crippen molar-refractivity contribution in [3.05, 3.63) is 96.2 Å². The Bertz CT molecular complexity index is 1220. The highest BCUT2D eigenvalue weighted by Crippen LogP contribution is 2.39. The van der Waals surface area contributed by atoms with Crippen molar-refractivity contribution < 1.29 is 14.3 Å². The van der Waals surface area contributed by atoms with E-state index in [2.05, 4.69) is 31.9 Å². The number of hydrogen-bond donors (Lipinski definition) is 0. The lowest BCUT2D eigenvalue weighted by Crippen LogP contribution is -2.27. The fraction of sp³-hybridized carbons (Fsp3) is 0.0833. The summed E-state index contributed by atoms with van der Waals surface area (Å²) in [6.45, 7) is 2.47. The molecule has 0 aliphatic carbocycles. The molecule has 3 aromatic rings. The molecule has 3 aromatic carbocycles. The van der Waals surface area contributed by atoms with Gasteiger partial charge in [-0.1, -0.05) is 47.5 Å². The minimum atomic E-state index is -0.380. The zero-order valence-corrected chi connectivity index (χ0v) is 21.5. The van der Waals surface area contributed by atoms with Crippen LogP contribution >= 0.6 is 55.2 Å². The van der Waals surface area contributed by atoms with Gasteiger partial charge >= 0.3 is 0 Å². The van der Waals surface area contributed by atoms with Crippen LogP contribution in [0.3, 0.4) is 0 Å². The van der Waals surface area contributed by atoms with Crippen LogP contribution in [-0.4, -0.2) is 11.1 Å². The second-order valence-corrected chi connectivity index (χ2v) is 10.2. The maximum Gasteiger partial charge on any atom is 0.298 e. The molecule has 1 saturated heterocycles. The molecule has 0 spiro atoms. The van der Waals surface area contributed by atoms with Crippen molar-refractivity contribution in [3.8, 4) is 5.75 Å². The van der Waals surface area contributed by atoms with Crippen LogP contribution < -0.4 is 9.64 Å². The topological polar surface area (TPSA) is 46.6 Å². The Kier molecular flexibility index (Phi) is 7.10. The van der Waals surface area contributed by atoms with Crippen molar-refractivity contribution in [1.29, 1.82) is 0 Å². The third-order valence-electron chi connectivity index (χ3n) is 4.68. The van der Waals surface area contributed by atoms with Crippen LogP contribution in [0.5, 0.6) is 5.75 Å². The van der Waals surface area contributed by atoms with Gasteiger partial charge in [0.2, 0.25) is 0 Å². The molecule has 1 aliphatic rings. The van der Waals surface area contributed by atoms with Crippen molar-refractivity contribution in [2.45, 2.75) is 13.5 Å². The molecule has 0 unspecified atom stereocenters. The number of carbonyl (C=O) groups is 2. The number of thioether (sulfide) groups is 1. The number of aryl methyl sites for hydroxylation is 1. The van der Waals surface area contributed by atoms with Crippen LogP contribution in [0.2, 0.25) is 5.02 Å². The monoisotopic (exact) mass is 591 g/mol. The molecule has 0 bridgehead atoms. The minimum absolute atomic E-state index is 0.335. The number of imide groups is 1. The summed E-state index contributed by atoms with van der Waals surface area (Å²) in [5, 5.41) is 0.0966. The van der Waals surface area contributed by atoms with Gasteiger partial charge in [-0.15, -0.1) is 0 Å². The van der Waals surface area contributed by atoms with E-state index in [4.69, 9.17) is 16.3 Å². The van der Waals surface area contributed by atoms with Gasteiger partial charge in [0.15, 0.2) is 0 Å². The Hall–Kier alpha value is -2.06. The van der Waals surface area contributed by atoms with E-state index in [1.54, 1.807) is 30.3 Å². The smallest absolute Gasteiger partial charge is 0.298 e. The fourth-order valence-corrected chi connectivity index (χ4v) is 5.57. The van der Waals surface area contributed by atoms with Crippen molar-refractivity contribution >= 4 is 78.1 Å². The van der Waals surface area contributed by atoms with Crippen molar-refractivity contribution in [3.63, 3.8) is 0 Å². The average molecular weight is 594 g/mol. The standard InChI is InChI=1S/C24H16Br2ClNO3S/c1-14-5-7-15(8-6-14)13-31-22-19(25)9-16(10-20(22)26)11-21-23(29)28(24(30)32-21)18-4-2-3-17(27)12-18/h2-12H,13H2,1H3/b21-11+. The number of halogens is 3. The van der Waals surface area contributed by atoms with E-state index in [1.807, 2.05) is 43.3 Å². The van der Waals surface area contributed by atoms with Crippen LogP contribution in [0.4, 0.5) is 10.5 Å². The molecular formula is C24H16Br2ClNO3S. The molecule has 0 atom stereocenters. The lowest BCUT2D eigenvalue weighted by Gasteiger charge is -2.13. The molecule has 162 valence electrons. The van der Waals surface area contributed by atoms with Gasteiger partial charge in [-0.05, 0) is 98.1 Å². The number of hydrogen-bond acceptors (Lipinski definition) is 4. The Balaban J connectivity index is 1.54. The molecule has 0 radical (unpaired) electrons. The summed E-state index contributed by atoms with van der Waals surface area (Å²) in [5.41, 5.74) is 3.46. The lowest BCUT2D eigenvalue weighted by atomic mass is 10.1. The molecule has 1 heterocycles. The Morgan fingerprint density at radius 3 is 2.38 bits per heavy atom.